The number of aryl methyl sites for hydroxylation is 1. The van der Waals surface area contributed by atoms with Crippen molar-refractivity contribution in [3.8, 4) is 5.75 Å². The first-order valence-electron chi connectivity index (χ1n) is 15.5. The van der Waals surface area contributed by atoms with E-state index in [1.165, 1.54) is 23.3 Å². The third-order valence-electron chi connectivity index (χ3n) is 8.20. The highest BCUT2D eigenvalue weighted by Crippen LogP contribution is 2.40. The molecule has 2 N–H and O–H groups in total. The zero-order valence-electron chi connectivity index (χ0n) is 25.4. The van der Waals surface area contributed by atoms with Crippen molar-refractivity contribution in [3.63, 3.8) is 0 Å². The lowest BCUT2D eigenvalue weighted by Crippen LogP contribution is -2.36. The summed E-state index contributed by atoms with van der Waals surface area (Å²) in [5, 5.41) is 19.5. The number of allylic oxidation sites excluding steroid dienone is 2. The zero-order valence-corrected chi connectivity index (χ0v) is 26.2. The summed E-state index contributed by atoms with van der Waals surface area (Å²) in [6.07, 6.45) is -0.869. The van der Waals surface area contributed by atoms with E-state index in [0.29, 0.717) is 19.6 Å². The number of nitrogens with zero attached hydrogens (tertiary/aromatic N) is 1. The van der Waals surface area contributed by atoms with E-state index in [-0.39, 0.29) is 30.3 Å². The minimum atomic E-state index is -5.70. The Bertz CT molecular complexity index is 1360. The Labute approximate surface area is 261 Å². The SMILES string of the molecule is O=S(=O)(CCCN(CCO)CCCCCCC1=C(c2ccc(F)cc2)CCCc2cc(O)ccc21)CCCC(F)(F)C(F)(F)F. The van der Waals surface area contributed by atoms with E-state index in [1.54, 1.807) is 6.07 Å². The highest BCUT2D eigenvalue weighted by atomic mass is 32.2. The number of fused-ring (bicyclic) bond motifs is 1. The average molecular weight is 664 g/mol. The number of hydrogen-bond acceptors (Lipinski definition) is 5. The monoisotopic (exact) mass is 663 g/mol. The van der Waals surface area contributed by atoms with Crippen LogP contribution < -0.4 is 0 Å². The maximum absolute atomic E-state index is 13.6. The minimum absolute atomic E-state index is 0.117. The van der Waals surface area contributed by atoms with Crippen LogP contribution in [0.2, 0.25) is 0 Å². The van der Waals surface area contributed by atoms with Gasteiger partial charge in [0.25, 0.3) is 0 Å². The van der Waals surface area contributed by atoms with Gasteiger partial charge < -0.3 is 15.1 Å². The predicted octanol–water partition coefficient (Wildman–Crippen LogP) is 7.81. The Morgan fingerprint density at radius 3 is 2.16 bits per heavy atom. The van der Waals surface area contributed by atoms with Crippen molar-refractivity contribution in [3.05, 3.63) is 65.0 Å². The second-order valence-electron chi connectivity index (χ2n) is 11.7. The van der Waals surface area contributed by atoms with Crippen LogP contribution in [0.5, 0.6) is 5.75 Å². The van der Waals surface area contributed by atoms with Crippen LogP contribution in [-0.4, -0.2) is 73.4 Å². The summed E-state index contributed by atoms with van der Waals surface area (Å²) in [6.45, 7) is 1.21. The highest BCUT2D eigenvalue weighted by Gasteiger charge is 2.56. The third-order valence-corrected chi connectivity index (χ3v) is 10.0. The predicted molar refractivity (Wildman–Crippen MR) is 164 cm³/mol. The van der Waals surface area contributed by atoms with Gasteiger partial charge in [0.2, 0.25) is 0 Å². The number of rotatable bonds is 18. The number of alkyl halides is 5. The Hall–Kier alpha value is -2.57. The van der Waals surface area contributed by atoms with E-state index >= 15 is 0 Å². The number of hydrogen-bond donors (Lipinski definition) is 2. The molecule has 0 fully saturated rings. The molecule has 12 heteroatoms. The quantitative estimate of drug-likeness (QED) is 0.126. The van der Waals surface area contributed by atoms with Crippen molar-refractivity contribution in [2.24, 2.45) is 0 Å². The topological polar surface area (TPSA) is 77.8 Å². The molecular weight excluding hydrogens is 620 g/mol. The Kier molecular flexibility index (Phi) is 13.8. The van der Waals surface area contributed by atoms with Gasteiger partial charge in [-0.1, -0.05) is 31.0 Å². The smallest absolute Gasteiger partial charge is 0.453 e. The van der Waals surface area contributed by atoms with Gasteiger partial charge in [0.1, 0.15) is 21.4 Å². The molecule has 45 heavy (non-hydrogen) atoms. The van der Waals surface area contributed by atoms with Gasteiger partial charge in [-0.15, -0.1) is 0 Å². The van der Waals surface area contributed by atoms with Crippen molar-refractivity contribution in [1.29, 1.82) is 0 Å². The number of phenolic OH excluding ortho intramolecular Hbond substituents is 1. The summed E-state index contributed by atoms with van der Waals surface area (Å²) in [4.78, 5) is 1.93. The second kappa shape index (κ2) is 16.8. The molecule has 2 aromatic carbocycles. The number of unbranched alkanes of at least 4 members (excludes halogenated alkanes) is 3. The van der Waals surface area contributed by atoms with Crippen molar-refractivity contribution in [1.82, 2.24) is 4.90 Å². The number of aromatic hydroxyl groups is 1. The van der Waals surface area contributed by atoms with Gasteiger partial charge in [0.15, 0.2) is 0 Å². The minimum Gasteiger partial charge on any atom is -0.508 e. The standard InChI is InChI=1S/C33H43F6NO4S/c34-27-13-11-25(12-14-27)29-10-5-8-26-24-28(42)15-16-30(26)31(29)9-3-1-2-4-18-40(20-21-41)19-7-23-45(43,44)22-6-17-32(35,36)33(37,38)39/h11-16,24,41-42H,1-10,17-23H2. The van der Waals surface area contributed by atoms with Crippen LogP contribution in [0.15, 0.2) is 42.5 Å². The summed E-state index contributed by atoms with van der Waals surface area (Å²) < 4.78 is 101. The van der Waals surface area contributed by atoms with Crippen molar-refractivity contribution in [2.45, 2.75) is 82.7 Å². The summed E-state index contributed by atoms with van der Waals surface area (Å²) >= 11 is 0. The lowest BCUT2D eigenvalue weighted by atomic mass is 9.89. The summed E-state index contributed by atoms with van der Waals surface area (Å²) in [7, 11) is -3.78. The van der Waals surface area contributed by atoms with E-state index in [9.17, 15) is 45.0 Å². The maximum Gasteiger partial charge on any atom is 0.453 e. The number of benzene rings is 2. The van der Waals surface area contributed by atoms with Crippen LogP contribution in [0, 0.1) is 5.82 Å². The van der Waals surface area contributed by atoms with Gasteiger partial charge in [-0.3, -0.25) is 0 Å². The summed E-state index contributed by atoms with van der Waals surface area (Å²) in [5.41, 5.74) is 5.61. The van der Waals surface area contributed by atoms with Crippen LogP contribution in [0.25, 0.3) is 11.1 Å². The summed E-state index contributed by atoms with van der Waals surface area (Å²) in [6, 6.07) is 12.0. The Morgan fingerprint density at radius 1 is 0.800 bits per heavy atom. The largest absolute Gasteiger partial charge is 0.508 e. The van der Waals surface area contributed by atoms with E-state index in [2.05, 4.69) is 0 Å². The van der Waals surface area contributed by atoms with Gasteiger partial charge in [-0.25, -0.2) is 12.8 Å². The molecule has 0 bridgehead atoms. The van der Waals surface area contributed by atoms with Gasteiger partial charge in [-0.2, -0.15) is 22.0 Å². The molecule has 1 aliphatic carbocycles. The molecule has 0 saturated carbocycles. The molecular formula is C33H43F6NO4S. The van der Waals surface area contributed by atoms with Crippen molar-refractivity contribution >= 4 is 21.0 Å². The molecule has 5 nitrogen and oxygen atoms in total. The first kappa shape index (κ1) is 36.9. The number of aliphatic hydroxyl groups is 1. The number of halogens is 6. The molecule has 3 rings (SSSR count). The fraction of sp³-hybridized carbons (Fsp3) is 0.576. The Morgan fingerprint density at radius 2 is 1.47 bits per heavy atom. The van der Waals surface area contributed by atoms with Crippen LogP contribution in [0.1, 0.15) is 80.9 Å². The number of sulfone groups is 1. The van der Waals surface area contributed by atoms with Gasteiger partial charge in [-0.05, 0) is 117 Å². The average Bonchev–Trinajstić information content (AvgIpc) is 3.13. The first-order valence-corrected chi connectivity index (χ1v) is 17.3. The molecule has 0 aliphatic heterocycles. The molecule has 1 aliphatic rings. The van der Waals surface area contributed by atoms with Crippen LogP contribution in [-0.2, 0) is 16.3 Å². The first-order chi connectivity index (χ1) is 21.2. The zero-order chi connectivity index (χ0) is 33.1. The molecule has 0 saturated heterocycles. The lowest BCUT2D eigenvalue weighted by Gasteiger charge is -2.21. The molecule has 0 heterocycles. The van der Waals surface area contributed by atoms with Gasteiger partial charge >= 0.3 is 12.1 Å². The van der Waals surface area contributed by atoms with Crippen molar-refractivity contribution < 1.29 is 45.0 Å². The molecule has 0 aromatic heterocycles. The van der Waals surface area contributed by atoms with E-state index < -0.39 is 40.5 Å². The van der Waals surface area contributed by atoms with Gasteiger partial charge in [0.05, 0.1) is 18.1 Å². The summed E-state index contributed by atoms with van der Waals surface area (Å²) in [5.74, 6) is -6.02. The normalized spacial score (nSPS) is 14.6. The van der Waals surface area contributed by atoms with E-state index in [1.807, 2.05) is 29.2 Å². The van der Waals surface area contributed by atoms with E-state index in [0.717, 1.165) is 68.1 Å². The van der Waals surface area contributed by atoms with E-state index in [4.69, 9.17) is 0 Å². The van der Waals surface area contributed by atoms with Crippen LogP contribution >= 0.6 is 0 Å². The Balaban J connectivity index is 1.48. The molecule has 252 valence electrons. The molecule has 2 aromatic rings. The maximum atomic E-state index is 13.6. The molecule has 0 radical (unpaired) electrons. The number of aliphatic hydroxyl groups excluding tert-OH is 1. The van der Waals surface area contributed by atoms with Crippen LogP contribution in [0.4, 0.5) is 26.3 Å². The molecule has 0 spiro atoms. The second-order valence-corrected chi connectivity index (χ2v) is 14.0. The van der Waals surface area contributed by atoms with Gasteiger partial charge in [0, 0.05) is 13.0 Å². The number of phenols is 1. The fourth-order valence-corrected chi connectivity index (χ4v) is 7.20. The highest BCUT2D eigenvalue weighted by molar-refractivity contribution is 7.91. The van der Waals surface area contributed by atoms with Crippen molar-refractivity contribution in [2.75, 3.05) is 37.7 Å². The molecule has 0 atom stereocenters. The lowest BCUT2D eigenvalue weighted by molar-refractivity contribution is -0.284. The van der Waals surface area contributed by atoms with Crippen LogP contribution in [0.3, 0.4) is 0 Å². The molecule has 0 amide bonds. The molecule has 0 unspecified atom stereocenters. The third kappa shape index (κ3) is 11.6. The fourth-order valence-electron chi connectivity index (χ4n) is 5.84.